The zero-order valence-electron chi connectivity index (χ0n) is 14.4. The molecular formula is C20H21FO4. The lowest BCUT2D eigenvalue weighted by molar-refractivity contribution is -0.143. The van der Waals surface area contributed by atoms with E-state index in [-0.39, 0.29) is 31.0 Å². The van der Waals surface area contributed by atoms with Crippen LogP contribution in [-0.4, -0.2) is 18.4 Å². The molecule has 0 atom stereocenters. The third-order valence-electron chi connectivity index (χ3n) is 3.75. The second kappa shape index (κ2) is 8.97. The molecule has 0 heterocycles. The summed E-state index contributed by atoms with van der Waals surface area (Å²) in [6, 6.07) is 11.5. The Kier molecular flexibility index (Phi) is 6.69. The highest BCUT2D eigenvalue weighted by atomic mass is 19.1. The predicted molar refractivity (Wildman–Crippen MR) is 92.1 cm³/mol. The van der Waals surface area contributed by atoms with Gasteiger partial charge in [0.05, 0.1) is 13.0 Å². The van der Waals surface area contributed by atoms with Gasteiger partial charge in [-0.15, -0.1) is 0 Å². The van der Waals surface area contributed by atoms with Crippen LogP contribution >= 0.6 is 0 Å². The molecule has 0 N–H and O–H groups in total. The van der Waals surface area contributed by atoms with Crippen molar-refractivity contribution >= 4 is 11.8 Å². The first kappa shape index (κ1) is 18.6. The first-order valence-electron chi connectivity index (χ1n) is 8.17. The normalized spacial score (nSPS) is 10.4. The van der Waals surface area contributed by atoms with Gasteiger partial charge in [0.1, 0.15) is 18.2 Å². The molecule has 0 spiro atoms. The molecule has 0 aliphatic rings. The van der Waals surface area contributed by atoms with Gasteiger partial charge in [0.15, 0.2) is 5.78 Å². The molecule has 0 aromatic heterocycles. The van der Waals surface area contributed by atoms with Crippen molar-refractivity contribution in [2.24, 2.45) is 0 Å². The van der Waals surface area contributed by atoms with Crippen LogP contribution in [0, 0.1) is 12.7 Å². The second-order valence-corrected chi connectivity index (χ2v) is 5.58. The molecule has 5 heteroatoms. The van der Waals surface area contributed by atoms with E-state index in [1.54, 1.807) is 37.3 Å². The molecule has 4 nitrogen and oxygen atoms in total. The van der Waals surface area contributed by atoms with E-state index in [0.717, 1.165) is 5.56 Å². The number of ketones is 1. The van der Waals surface area contributed by atoms with Crippen molar-refractivity contribution in [3.05, 3.63) is 65.0 Å². The highest BCUT2D eigenvalue weighted by molar-refractivity contribution is 5.97. The Hall–Kier alpha value is -2.69. The zero-order chi connectivity index (χ0) is 18.2. The fourth-order valence-corrected chi connectivity index (χ4v) is 2.36. The summed E-state index contributed by atoms with van der Waals surface area (Å²) in [7, 11) is 0. The molecule has 0 radical (unpaired) electrons. The van der Waals surface area contributed by atoms with Crippen LogP contribution in [0.15, 0.2) is 42.5 Å². The lowest BCUT2D eigenvalue weighted by Crippen LogP contribution is -2.08. The number of hydrogen-bond donors (Lipinski definition) is 0. The summed E-state index contributed by atoms with van der Waals surface area (Å²) in [5.41, 5.74) is 1.75. The zero-order valence-corrected chi connectivity index (χ0v) is 14.4. The standard InChI is InChI=1S/C20H21FO4/c1-3-24-20(23)11-10-19(22)15-7-5-8-16(12-15)25-13-17-14(2)6-4-9-18(17)21/h4-9,12H,3,10-11,13H2,1-2H3. The minimum Gasteiger partial charge on any atom is -0.489 e. The Labute approximate surface area is 146 Å². The Balaban J connectivity index is 1.99. The smallest absolute Gasteiger partial charge is 0.306 e. The van der Waals surface area contributed by atoms with Crippen LogP contribution in [0.2, 0.25) is 0 Å². The predicted octanol–water partition coefficient (Wildman–Crippen LogP) is 4.24. The summed E-state index contributed by atoms with van der Waals surface area (Å²) in [4.78, 5) is 23.5. The van der Waals surface area contributed by atoms with Gasteiger partial charge in [-0.2, -0.15) is 0 Å². The van der Waals surface area contributed by atoms with Crippen molar-refractivity contribution in [1.29, 1.82) is 0 Å². The molecule has 132 valence electrons. The number of halogens is 1. The maximum absolute atomic E-state index is 13.8. The molecule has 0 fully saturated rings. The third kappa shape index (κ3) is 5.41. The minimum atomic E-state index is -0.390. The van der Waals surface area contributed by atoms with Crippen LogP contribution in [0.1, 0.15) is 41.3 Å². The van der Waals surface area contributed by atoms with Gasteiger partial charge in [-0.05, 0) is 37.6 Å². The quantitative estimate of drug-likeness (QED) is 0.531. The molecular weight excluding hydrogens is 323 g/mol. The van der Waals surface area contributed by atoms with E-state index < -0.39 is 5.97 Å². The van der Waals surface area contributed by atoms with Crippen molar-refractivity contribution < 1.29 is 23.5 Å². The first-order valence-corrected chi connectivity index (χ1v) is 8.17. The largest absolute Gasteiger partial charge is 0.489 e. The molecule has 25 heavy (non-hydrogen) atoms. The summed E-state index contributed by atoms with van der Waals surface area (Å²) in [5.74, 6) is -0.398. The van der Waals surface area contributed by atoms with E-state index >= 15 is 0 Å². The van der Waals surface area contributed by atoms with Crippen LogP contribution < -0.4 is 4.74 Å². The molecule has 2 aromatic rings. The van der Waals surface area contributed by atoms with E-state index in [1.807, 2.05) is 13.0 Å². The number of hydrogen-bond acceptors (Lipinski definition) is 4. The lowest BCUT2D eigenvalue weighted by Gasteiger charge is -2.10. The van der Waals surface area contributed by atoms with E-state index in [9.17, 15) is 14.0 Å². The van der Waals surface area contributed by atoms with Crippen molar-refractivity contribution in [1.82, 2.24) is 0 Å². The van der Waals surface area contributed by atoms with E-state index in [1.165, 1.54) is 6.07 Å². The molecule has 0 saturated carbocycles. The van der Waals surface area contributed by atoms with Crippen molar-refractivity contribution in [2.75, 3.05) is 6.61 Å². The third-order valence-corrected chi connectivity index (χ3v) is 3.75. The maximum Gasteiger partial charge on any atom is 0.306 e. The summed E-state index contributed by atoms with van der Waals surface area (Å²) in [6.45, 7) is 3.92. The topological polar surface area (TPSA) is 52.6 Å². The minimum absolute atomic E-state index is 0.0478. The molecule has 0 aliphatic heterocycles. The molecule has 0 aliphatic carbocycles. The Morgan fingerprint density at radius 3 is 2.56 bits per heavy atom. The van der Waals surface area contributed by atoms with E-state index in [0.29, 0.717) is 23.5 Å². The van der Waals surface area contributed by atoms with Gasteiger partial charge in [0.25, 0.3) is 0 Å². The van der Waals surface area contributed by atoms with Gasteiger partial charge in [0, 0.05) is 17.5 Å². The highest BCUT2D eigenvalue weighted by Gasteiger charge is 2.11. The SMILES string of the molecule is CCOC(=O)CCC(=O)c1cccc(OCc2c(C)cccc2F)c1. The van der Waals surface area contributed by atoms with Crippen molar-refractivity contribution in [2.45, 2.75) is 33.3 Å². The van der Waals surface area contributed by atoms with Crippen molar-refractivity contribution in [3.8, 4) is 5.75 Å². The van der Waals surface area contributed by atoms with Crippen LogP contribution in [0.3, 0.4) is 0 Å². The summed E-state index contributed by atoms with van der Waals surface area (Å²) < 4.78 is 24.3. The maximum atomic E-state index is 13.8. The number of carbonyl (C=O) groups excluding carboxylic acids is 2. The average Bonchev–Trinajstić information content (AvgIpc) is 2.60. The van der Waals surface area contributed by atoms with Crippen LogP contribution in [0.5, 0.6) is 5.75 Å². The second-order valence-electron chi connectivity index (χ2n) is 5.58. The number of Topliss-reactive ketones (excluding diaryl/α,β-unsaturated/α-hetero) is 1. The van der Waals surface area contributed by atoms with Gasteiger partial charge in [-0.25, -0.2) is 4.39 Å². The van der Waals surface area contributed by atoms with Gasteiger partial charge in [-0.3, -0.25) is 9.59 Å². The van der Waals surface area contributed by atoms with Gasteiger partial charge in [0.2, 0.25) is 0 Å². The Morgan fingerprint density at radius 2 is 1.84 bits per heavy atom. The van der Waals surface area contributed by atoms with Gasteiger partial charge < -0.3 is 9.47 Å². The number of carbonyl (C=O) groups is 2. The van der Waals surface area contributed by atoms with E-state index in [4.69, 9.17) is 9.47 Å². The number of aryl methyl sites for hydroxylation is 1. The average molecular weight is 344 g/mol. The fraction of sp³-hybridized carbons (Fsp3) is 0.300. The summed E-state index contributed by atoms with van der Waals surface area (Å²) in [5, 5.41) is 0. The molecule has 2 aromatic carbocycles. The summed E-state index contributed by atoms with van der Waals surface area (Å²) in [6.07, 6.45) is 0.126. The molecule has 0 bridgehead atoms. The number of esters is 1. The lowest BCUT2D eigenvalue weighted by atomic mass is 10.1. The Morgan fingerprint density at radius 1 is 1.08 bits per heavy atom. The number of rotatable bonds is 8. The molecule has 0 saturated heterocycles. The monoisotopic (exact) mass is 344 g/mol. The van der Waals surface area contributed by atoms with E-state index in [2.05, 4.69) is 0 Å². The Bertz CT molecular complexity index is 735. The summed E-state index contributed by atoms with van der Waals surface area (Å²) >= 11 is 0. The van der Waals surface area contributed by atoms with Gasteiger partial charge in [-0.1, -0.05) is 24.3 Å². The van der Waals surface area contributed by atoms with Crippen LogP contribution in [-0.2, 0) is 16.1 Å². The molecule has 2 rings (SSSR count). The van der Waals surface area contributed by atoms with Crippen LogP contribution in [0.25, 0.3) is 0 Å². The molecule has 0 amide bonds. The van der Waals surface area contributed by atoms with Crippen LogP contribution in [0.4, 0.5) is 4.39 Å². The number of benzene rings is 2. The fourth-order valence-electron chi connectivity index (χ4n) is 2.36. The number of ether oxygens (including phenoxy) is 2. The van der Waals surface area contributed by atoms with Crippen molar-refractivity contribution in [3.63, 3.8) is 0 Å². The van der Waals surface area contributed by atoms with Gasteiger partial charge >= 0.3 is 5.97 Å². The highest BCUT2D eigenvalue weighted by Crippen LogP contribution is 2.19. The molecule has 0 unspecified atom stereocenters. The first-order chi connectivity index (χ1) is 12.0.